The van der Waals surface area contributed by atoms with Gasteiger partial charge in [-0.15, -0.1) is 0 Å². The van der Waals surface area contributed by atoms with Crippen LogP contribution in [0.4, 0.5) is 0 Å². The lowest BCUT2D eigenvalue weighted by molar-refractivity contribution is -0.138. The highest BCUT2D eigenvalue weighted by molar-refractivity contribution is 5.76. The maximum absolute atomic E-state index is 11.1. The number of carboxylic acid groups (broad SMARTS) is 1. The number of hydrogen-bond donors (Lipinski definition) is 2. The zero-order valence-electron chi connectivity index (χ0n) is 18.3. The van der Waals surface area contributed by atoms with Crippen LogP contribution in [0.15, 0.2) is 84.9 Å². The Morgan fingerprint density at radius 1 is 0.839 bits per heavy atom. The lowest BCUT2D eigenvalue weighted by atomic mass is 9.82. The lowest BCUT2D eigenvalue weighted by Crippen LogP contribution is -2.25. The van der Waals surface area contributed by atoms with Gasteiger partial charge in [0.1, 0.15) is 0 Å². The monoisotopic (exact) mass is 415 g/mol. The maximum atomic E-state index is 11.1. The zero-order chi connectivity index (χ0) is 22.1. The topological polar surface area (TPSA) is 63.3 Å². The van der Waals surface area contributed by atoms with Crippen molar-refractivity contribution in [3.8, 4) is 11.1 Å². The van der Waals surface area contributed by atoms with Crippen LogP contribution in [0.25, 0.3) is 11.1 Å². The van der Waals surface area contributed by atoms with E-state index in [0.29, 0.717) is 12.5 Å². The summed E-state index contributed by atoms with van der Waals surface area (Å²) in [4.78, 5) is 11.1. The highest BCUT2D eigenvalue weighted by Crippen LogP contribution is 2.31. The molecular formula is C28H33NO2. The molecule has 3 aromatic rings. The van der Waals surface area contributed by atoms with Crippen LogP contribution >= 0.6 is 0 Å². The van der Waals surface area contributed by atoms with Crippen LogP contribution in [-0.4, -0.2) is 17.1 Å². The minimum Gasteiger partial charge on any atom is -0.481 e. The summed E-state index contributed by atoms with van der Waals surface area (Å²) in [6.45, 7) is 1.89. The second-order valence-corrected chi connectivity index (χ2v) is 8.31. The van der Waals surface area contributed by atoms with Gasteiger partial charge in [0.2, 0.25) is 0 Å². The summed E-state index contributed by atoms with van der Waals surface area (Å²) >= 11 is 0. The molecule has 0 radical (unpaired) electrons. The molecule has 0 saturated heterocycles. The maximum Gasteiger partial charge on any atom is 0.310 e. The number of nitrogens with two attached hydrogens (primary N) is 1. The molecule has 3 heteroatoms. The standard InChI is InChI=1S/C16H16O2.C12H17N/c1-2-15(16(17)18)14-10-8-13(9-11-14)12-6-4-3-5-7-12;13-12-8-6-11(7-9-12)10-4-2-1-3-5-10/h3-11,15H,2H2,1H3,(H,17,18);1-5,11-12H,6-9,13H2/t;11-,12-. The Balaban J connectivity index is 0.000000185. The number of benzene rings is 3. The van der Waals surface area contributed by atoms with Gasteiger partial charge in [-0.05, 0) is 60.3 Å². The Bertz CT molecular complexity index is 914. The van der Waals surface area contributed by atoms with Crippen molar-refractivity contribution in [1.82, 2.24) is 0 Å². The van der Waals surface area contributed by atoms with Crippen molar-refractivity contribution in [2.24, 2.45) is 5.73 Å². The van der Waals surface area contributed by atoms with Gasteiger partial charge >= 0.3 is 5.97 Å². The molecule has 0 aliphatic heterocycles. The largest absolute Gasteiger partial charge is 0.481 e. The molecule has 0 bridgehead atoms. The molecule has 3 N–H and O–H groups in total. The van der Waals surface area contributed by atoms with E-state index in [1.54, 1.807) is 0 Å². The number of aliphatic carboxylic acids is 1. The molecule has 31 heavy (non-hydrogen) atoms. The smallest absolute Gasteiger partial charge is 0.310 e. The number of rotatable bonds is 5. The fourth-order valence-corrected chi connectivity index (χ4v) is 4.27. The van der Waals surface area contributed by atoms with Crippen LogP contribution in [0.1, 0.15) is 62.0 Å². The Morgan fingerprint density at radius 2 is 1.35 bits per heavy atom. The number of hydrogen-bond acceptors (Lipinski definition) is 2. The molecule has 1 saturated carbocycles. The van der Waals surface area contributed by atoms with Gasteiger partial charge in [-0.1, -0.05) is 91.9 Å². The van der Waals surface area contributed by atoms with E-state index in [1.807, 2.05) is 61.5 Å². The highest BCUT2D eigenvalue weighted by atomic mass is 16.4. The lowest BCUT2D eigenvalue weighted by Gasteiger charge is -2.26. The Hall–Kier alpha value is -2.91. The summed E-state index contributed by atoms with van der Waals surface area (Å²) in [6, 6.07) is 29.1. The summed E-state index contributed by atoms with van der Waals surface area (Å²) < 4.78 is 0. The van der Waals surface area contributed by atoms with Crippen molar-refractivity contribution in [3.63, 3.8) is 0 Å². The fourth-order valence-electron chi connectivity index (χ4n) is 4.27. The van der Waals surface area contributed by atoms with Gasteiger partial charge in [0.25, 0.3) is 0 Å². The molecule has 1 unspecified atom stereocenters. The SMILES string of the molecule is CCC(C(=O)O)c1ccc(-c2ccccc2)cc1.N[C@H]1CC[C@H](c2ccccc2)CC1. The summed E-state index contributed by atoms with van der Waals surface area (Å²) in [5.41, 5.74) is 10.5. The summed E-state index contributed by atoms with van der Waals surface area (Å²) in [5.74, 6) is -0.402. The Labute approximate surface area is 185 Å². The number of carboxylic acids is 1. The van der Waals surface area contributed by atoms with Crippen molar-refractivity contribution >= 4 is 5.97 Å². The van der Waals surface area contributed by atoms with Crippen LogP contribution in [0.5, 0.6) is 0 Å². The van der Waals surface area contributed by atoms with E-state index in [-0.39, 0.29) is 0 Å². The first kappa shape index (κ1) is 22.8. The summed E-state index contributed by atoms with van der Waals surface area (Å²) in [5, 5.41) is 9.11. The third kappa shape index (κ3) is 6.53. The average molecular weight is 416 g/mol. The molecule has 0 aromatic heterocycles. The van der Waals surface area contributed by atoms with E-state index >= 15 is 0 Å². The molecule has 4 rings (SSSR count). The normalized spacial score (nSPS) is 19.0. The van der Waals surface area contributed by atoms with Crippen molar-refractivity contribution in [1.29, 1.82) is 0 Å². The third-order valence-corrected chi connectivity index (χ3v) is 6.17. The molecule has 0 amide bonds. The second-order valence-electron chi connectivity index (χ2n) is 8.31. The molecule has 0 heterocycles. The predicted octanol–water partition coefficient (Wildman–Crippen LogP) is 6.60. The van der Waals surface area contributed by atoms with E-state index in [1.165, 1.54) is 31.2 Å². The first-order valence-corrected chi connectivity index (χ1v) is 11.3. The van der Waals surface area contributed by atoms with Gasteiger partial charge < -0.3 is 10.8 Å². The number of carbonyl (C=O) groups is 1. The molecule has 1 fully saturated rings. The van der Waals surface area contributed by atoms with E-state index in [0.717, 1.165) is 22.6 Å². The van der Waals surface area contributed by atoms with E-state index in [9.17, 15) is 4.79 Å². The second kappa shape index (κ2) is 11.5. The predicted molar refractivity (Wildman–Crippen MR) is 128 cm³/mol. The molecule has 3 aromatic carbocycles. The molecule has 1 aliphatic carbocycles. The van der Waals surface area contributed by atoms with Gasteiger partial charge in [-0.3, -0.25) is 4.79 Å². The Kier molecular flexibility index (Phi) is 8.43. The first-order valence-electron chi connectivity index (χ1n) is 11.3. The minimum absolute atomic E-state index is 0.408. The molecule has 1 atom stereocenters. The van der Waals surface area contributed by atoms with E-state index in [4.69, 9.17) is 10.8 Å². The van der Waals surface area contributed by atoms with Crippen LogP contribution in [0.3, 0.4) is 0 Å². The zero-order valence-corrected chi connectivity index (χ0v) is 18.3. The van der Waals surface area contributed by atoms with E-state index < -0.39 is 11.9 Å². The fraction of sp³-hybridized carbons (Fsp3) is 0.321. The van der Waals surface area contributed by atoms with Gasteiger partial charge in [-0.2, -0.15) is 0 Å². The van der Waals surface area contributed by atoms with Crippen molar-refractivity contribution in [2.45, 2.75) is 56.9 Å². The average Bonchev–Trinajstić information content (AvgIpc) is 2.82. The minimum atomic E-state index is -0.759. The summed E-state index contributed by atoms with van der Waals surface area (Å²) in [7, 11) is 0. The van der Waals surface area contributed by atoms with Crippen LogP contribution in [0, 0.1) is 0 Å². The first-order chi connectivity index (χ1) is 15.1. The Morgan fingerprint density at radius 3 is 1.87 bits per heavy atom. The summed E-state index contributed by atoms with van der Waals surface area (Å²) in [6.07, 6.45) is 5.54. The van der Waals surface area contributed by atoms with Gasteiger partial charge in [0, 0.05) is 6.04 Å². The molecule has 3 nitrogen and oxygen atoms in total. The molecule has 162 valence electrons. The van der Waals surface area contributed by atoms with Crippen LogP contribution in [0.2, 0.25) is 0 Å². The molecule has 0 spiro atoms. The van der Waals surface area contributed by atoms with Crippen molar-refractivity contribution in [3.05, 3.63) is 96.1 Å². The quantitative estimate of drug-likeness (QED) is 0.493. The van der Waals surface area contributed by atoms with Crippen molar-refractivity contribution in [2.75, 3.05) is 0 Å². The third-order valence-electron chi connectivity index (χ3n) is 6.17. The van der Waals surface area contributed by atoms with Gasteiger partial charge in [-0.25, -0.2) is 0 Å². The highest BCUT2D eigenvalue weighted by Gasteiger charge is 2.19. The van der Waals surface area contributed by atoms with Gasteiger partial charge in [0.15, 0.2) is 0 Å². The molecular weight excluding hydrogens is 382 g/mol. The van der Waals surface area contributed by atoms with Gasteiger partial charge in [0.05, 0.1) is 5.92 Å². The van der Waals surface area contributed by atoms with E-state index in [2.05, 4.69) is 30.3 Å². The van der Waals surface area contributed by atoms with Crippen molar-refractivity contribution < 1.29 is 9.90 Å². The van der Waals surface area contributed by atoms with Crippen LogP contribution in [-0.2, 0) is 4.79 Å². The molecule has 1 aliphatic rings. The van der Waals surface area contributed by atoms with Crippen LogP contribution < -0.4 is 5.73 Å².